The zero-order valence-electron chi connectivity index (χ0n) is 18.3. The minimum Gasteiger partial charge on any atom is -0.494 e. The number of benzene rings is 1. The van der Waals surface area contributed by atoms with Crippen molar-refractivity contribution >= 4 is 29.5 Å². The number of nitrogens with one attached hydrogen (secondary N) is 1. The molecule has 0 atom stereocenters. The third-order valence-electron chi connectivity index (χ3n) is 4.65. The number of ketones is 1. The van der Waals surface area contributed by atoms with Gasteiger partial charge in [-0.15, -0.1) is 6.58 Å². The molecule has 0 saturated carbocycles. The maximum absolute atomic E-state index is 13.1. The lowest BCUT2D eigenvalue weighted by molar-refractivity contribution is 0.0968. The normalized spacial score (nSPS) is 10.5. The molecule has 1 aromatic carbocycles. The zero-order chi connectivity index (χ0) is 23.1. The van der Waals surface area contributed by atoms with Crippen molar-refractivity contribution < 1.29 is 19.0 Å². The number of hydrogen-bond donors (Lipinski definition) is 1. The van der Waals surface area contributed by atoms with E-state index in [1.807, 2.05) is 42.0 Å². The first kappa shape index (κ1) is 23.1. The van der Waals surface area contributed by atoms with Crippen molar-refractivity contribution in [2.24, 2.45) is 0 Å². The number of ether oxygens (including phenoxy) is 3. The van der Waals surface area contributed by atoms with Crippen molar-refractivity contribution in [1.29, 1.82) is 0 Å². The highest BCUT2D eigenvalue weighted by molar-refractivity contribution is 7.71. The molecular formula is C23H26N4O4S. The minimum atomic E-state index is -0.195. The Morgan fingerprint density at radius 1 is 1.19 bits per heavy atom. The number of anilines is 2. The van der Waals surface area contributed by atoms with Crippen molar-refractivity contribution in [2.45, 2.75) is 20.0 Å². The molecule has 0 aliphatic heterocycles. The van der Waals surface area contributed by atoms with Gasteiger partial charge < -0.3 is 24.1 Å². The monoisotopic (exact) mass is 454 g/mol. The molecular weight excluding hydrogens is 428 g/mol. The minimum absolute atomic E-state index is 0.00665. The SMILES string of the molecule is C=CCn1cc(Nc2ccc(OCC)cc2)n(CC(=O)c2ccc(OC)nc2OC)c1=S. The molecule has 168 valence electrons. The highest BCUT2D eigenvalue weighted by Crippen LogP contribution is 2.24. The molecule has 2 aromatic heterocycles. The third kappa shape index (κ3) is 5.17. The van der Waals surface area contributed by atoms with Gasteiger partial charge >= 0.3 is 0 Å². The molecule has 0 aliphatic rings. The van der Waals surface area contributed by atoms with Crippen LogP contribution in [0.3, 0.4) is 0 Å². The van der Waals surface area contributed by atoms with E-state index in [1.54, 1.807) is 22.8 Å². The molecule has 8 nitrogen and oxygen atoms in total. The molecule has 3 rings (SSSR count). The maximum atomic E-state index is 13.1. The van der Waals surface area contributed by atoms with Crippen LogP contribution in [0.1, 0.15) is 17.3 Å². The number of pyridine rings is 1. The summed E-state index contributed by atoms with van der Waals surface area (Å²) in [6.45, 7) is 6.84. The number of carbonyl (C=O) groups excluding carboxylic acids is 1. The van der Waals surface area contributed by atoms with E-state index in [4.69, 9.17) is 26.4 Å². The summed E-state index contributed by atoms with van der Waals surface area (Å²) in [6, 6.07) is 10.8. The topological polar surface area (TPSA) is 79.5 Å². The molecule has 3 aromatic rings. The van der Waals surface area contributed by atoms with Crippen LogP contribution in [-0.2, 0) is 13.1 Å². The molecule has 0 fully saturated rings. The van der Waals surface area contributed by atoms with Crippen LogP contribution < -0.4 is 19.5 Å². The summed E-state index contributed by atoms with van der Waals surface area (Å²) in [6.07, 6.45) is 3.61. The van der Waals surface area contributed by atoms with Gasteiger partial charge in [0.1, 0.15) is 11.6 Å². The fraction of sp³-hybridized carbons (Fsp3) is 0.261. The molecule has 0 radical (unpaired) electrons. The molecule has 0 bridgehead atoms. The first-order valence-electron chi connectivity index (χ1n) is 10.0. The Kier molecular flexibility index (Phi) is 7.67. The lowest BCUT2D eigenvalue weighted by Crippen LogP contribution is -2.14. The van der Waals surface area contributed by atoms with E-state index in [0.717, 1.165) is 11.4 Å². The summed E-state index contributed by atoms with van der Waals surface area (Å²) in [5.74, 6) is 1.83. The van der Waals surface area contributed by atoms with E-state index < -0.39 is 0 Å². The van der Waals surface area contributed by atoms with Gasteiger partial charge in [0.05, 0.1) is 32.9 Å². The summed E-state index contributed by atoms with van der Waals surface area (Å²) in [4.78, 5) is 17.3. The van der Waals surface area contributed by atoms with Crippen LogP contribution in [0, 0.1) is 4.77 Å². The number of nitrogens with zero attached hydrogens (tertiary/aromatic N) is 3. The van der Waals surface area contributed by atoms with Crippen molar-refractivity contribution in [3.05, 3.63) is 65.6 Å². The van der Waals surface area contributed by atoms with Gasteiger partial charge in [-0.25, -0.2) is 0 Å². The number of imidazole rings is 1. The van der Waals surface area contributed by atoms with Gasteiger partial charge in [0.2, 0.25) is 11.8 Å². The number of allylic oxidation sites excluding steroid dienone is 1. The quantitative estimate of drug-likeness (QED) is 0.257. The van der Waals surface area contributed by atoms with Crippen LogP contribution in [0.15, 0.2) is 55.3 Å². The van der Waals surface area contributed by atoms with Crippen molar-refractivity contribution in [2.75, 3.05) is 26.1 Å². The van der Waals surface area contributed by atoms with Gasteiger partial charge in [-0.2, -0.15) is 4.98 Å². The molecule has 0 unspecified atom stereocenters. The molecule has 0 saturated heterocycles. The second kappa shape index (κ2) is 10.6. The Morgan fingerprint density at radius 3 is 2.56 bits per heavy atom. The summed E-state index contributed by atoms with van der Waals surface area (Å²) in [5, 5.41) is 3.33. The first-order chi connectivity index (χ1) is 15.5. The smallest absolute Gasteiger partial charge is 0.227 e. The van der Waals surface area contributed by atoms with Gasteiger partial charge in [-0.3, -0.25) is 9.36 Å². The number of aromatic nitrogens is 3. The molecule has 1 N–H and O–H groups in total. The Labute approximate surface area is 192 Å². The molecule has 2 heterocycles. The molecule has 32 heavy (non-hydrogen) atoms. The van der Waals surface area contributed by atoms with Crippen LogP contribution in [0.5, 0.6) is 17.5 Å². The van der Waals surface area contributed by atoms with Crippen molar-refractivity contribution in [3.8, 4) is 17.5 Å². The van der Waals surface area contributed by atoms with Crippen LogP contribution in [0.25, 0.3) is 0 Å². The second-order valence-electron chi connectivity index (χ2n) is 6.74. The lowest BCUT2D eigenvalue weighted by atomic mass is 10.1. The van der Waals surface area contributed by atoms with E-state index in [2.05, 4.69) is 16.9 Å². The summed E-state index contributed by atoms with van der Waals surface area (Å²) in [7, 11) is 2.97. The van der Waals surface area contributed by atoms with E-state index in [9.17, 15) is 4.79 Å². The van der Waals surface area contributed by atoms with Crippen LogP contribution in [0.2, 0.25) is 0 Å². The summed E-state index contributed by atoms with van der Waals surface area (Å²) < 4.78 is 20.0. The Hall–Kier alpha value is -3.59. The predicted molar refractivity (Wildman–Crippen MR) is 126 cm³/mol. The average Bonchev–Trinajstić information content (AvgIpc) is 3.09. The van der Waals surface area contributed by atoms with Crippen LogP contribution in [0.4, 0.5) is 11.5 Å². The summed E-state index contributed by atoms with van der Waals surface area (Å²) in [5.41, 5.74) is 1.18. The van der Waals surface area contributed by atoms with Gasteiger partial charge in [0, 0.05) is 24.5 Å². The van der Waals surface area contributed by atoms with E-state index in [0.29, 0.717) is 35.2 Å². The highest BCUT2D eigenvalue weighted by Gasteiger charge is 2.18. The predicted octanol–water partition coefficient (Wildman–Crippen LogP) is 4.64. The van der Waals surface area contributed by atoms with Crippen LogP contribution in [-0.4, -0.2) is 40.7 Å². The number of rotatable bonds is 11. The average molecular weight is 455 g/mol. The number of hydrogen-bond acceptors (Lipinski definition) is 7. The zero-order valence-corrected chi connectivity index (χ0v) is 19.1. The number of carbonyl (C=O) groups is 1. The number of Topliss-reactive ketones (excluding diaryl/α,β-unsaturated/α-hetero) is 1. The highest BCUT2D eigenvalue weighted by atomic mass is 32.1. The van der Waals surface area contributed by atoms with E-state index in [1.165, 1.54) is 14.2 Å². The number of methoxy groups -OCH3 is 2. The van der Waals surface area contributed by atoms with Crippen LogP contribution >= 0.6 is 12.2 Å². The molecule has 0 spiro atoms. The van der Waals surface area contributed by atoms with E-state index >= 15 is 0 Å². The van der Waals surface area contributed by atoms with Gasteiger partial charge in [-0.05, 0) is 49.5 Å². The molecule has 0 amide bonds. The molecule has 9 heteroatoms. The van der Waals surface area contributed by atoms with Gasteiger partial charge in [0.15, 0.2) is 10.6 Å². The van der Waals surface area contributed by atoms with Gasteiger partial charge in [0.25, 0.3) is 0 Å². The van der Waals surface area contributed by atoms with E-state index in [-0.39, 0.29) is 18.2 Å². The summed E-state index contributed by atoms with van der Waals surface area (Å²) >= 11 is 5.62. The largest absolute Gasteiger partial charge is 0.494 e. The lowest BCUT2D eigenvalue weighted by Gasteiger charge is -2.12. The second-order valence-corrected chi connectivity index (χ2v) is 7.11. The molecule has 0 aliphatic carbocycles. The first-order valence-corrected chi connectivity index (χ1v) is 10.4. The van der Waals surface area contributed by atoms with Crippen molar-refractivity contribution in [1.82, 2.24) is 14.1 Å². The Bertz CT molecular complexity index is 1150. The fourth-order valence-electron chi connectivity index (χ4n) is 3.14. The Morgan fingerprint density at radius 2 is 1.94 bits per heavy atom. The maximum Gasteiger partial charge on any atom is 0.227 e. The third-order valence-corrected chi connectivity index (χ3v) is 5.10. The van der Waals surface area contributed by atoms with Crippen molar-refractivity contribution in [3.63, 3.8) is 0 Å². The standard InChI is InChI=1S/C23H26N4O4S/c1-5-13-26-15-20(24-16-7-9-17(10-8-16)31-6-2)27(23(26)32)14-19(28)18-11-12-21(29-3)25-22(18)30-4/h5,7-12,15,24H,1,6,13-14H2,2-4H3. The Balaban J connectivity index is 1.92. The van der Waals surface area contributed by atoms with Gasteiger partial charge in [-0.1, -0.05) is 6.08 Å². The fourth-order valence-corrected chi connectivity index (χ4v) is 3.43.